The molecule has 3 aromatic heterocycles. The number of para-hydroxylation sites is 2. The quantitative estimate of drug-likeness (QED) is 0.118. The normalized spacial score (nSPS) is 13.6. The van der Waals surface area contributed by atoms with Crippen LogP contribution in [0.25, 0.3) is 77.7 Å². The van der Waals surface area contributed by atoms with Gasteiger partial charge in [0.2, 0.25) is 6.33 Å². The summed E-state index contributed by atoms with van der Waals surface area (Å²) in [4.78, 5) is 4.89. The molecule has 0 aliphatic rings. The van der Waals surface area contributed by atoms with Gasteiger partial charge in [0, 0.05) is 23.0 Å². The molecule has 5 nitrogen and oxygen atoms in total. The van der Waals surface area contributed by atoms with E-state index in [9.17, 15) is 0 Å². The van der Waals surface area contributed by atoms with Crippen LogP contribution in [-0.2, 0) is 34.1 Å². The van der Waals surface area contributed by atoms with E-state index in [0.717, 1.165) is 61.0 Å². The van der Waals surface area contributed by atoms with Crippen LogP contribution >= 0.6 is 0 Å². The second kappa shape index (κ2) is 18.0. The molecule has 3 heterocycles. The third-order valence-corrected chi connectivity index (χ3v) is 14.8. The first-order valence-electron chi connectivity index (χ1n) is 27.7. The van der Waals surface area contributed by atoms with E-state index < -0.39 is 6.98 Å². The summed E-state index contributed by atoms with van der Waals surface area (Å²) < 4.78 is 39.7. The number of benzene rings is 7. The molecule has 0 saturated heterocycles. The van der Waals surface area contributed by atoms with E-state index in [1.807, 2.05) is 53.2 Å². The summed E-state index contributed by atoms with van der Waals surface area (Å²) in [5.74, 6) is 2.10. The fourth-order valence-electron chi connectivity index (χ4n) is 10.3. The van der Waals surface area contributed by atoms with Gasteiger partial charge >= 0.3 is 0 Å². The number of fused-ring (bicyclic) bond motifs is 4. The molecule has 0 atom stereocenters. The Morgan fingerprint density at radius 1 is 0.459 bits per heavy atom. The fourth-order valence-corrected chi connectivity index (χ4v) is 10.3. The van der Waals surface area contributed by atoms with Crippen LogP contribution < -0.4 is 9.30 Å². The number of aryl methyl sites for hydroxylation is 1. The molecule has 0 aliphatic carbocycles. The first kappa shape index (κ1) is 46.5. The van der Waals surface area contributed by atoms with Gasteiger partial charge in [-0.25, -0.2) is 4.98 Å². The molecule has 10 aromatic rings. The highest BCUT2D eigenvalue weighted by Crippen LogP contribution is 2.46. The van der Waals surface area contributed by atoms with Crippen molar-refractivity contribution in [3.8, 4) is 56.4 Å². The van der Waals surface area contributed by atoms with Crippen LogP contribution in [0, 0.1) is 6.33 Å². The van der Waals surface area contributed by atoms with Crippen LogP contribution in [0.1, 0.15) is 136 Å². The lowest BCUT2D eigenvalue weighted by Crippen LogP contribution is -2.26. The first-order valence-corrected chi connectivity index (χ1v) is 26.2. The zero-order valence-electron chi connectivity index (χ0n) is 49.2. The molecule has 0 aliphatic heterocycles. The zero-order valence-corrected chi connectivity index (χ0v) is 46.2. The highest BCUT2D eigenvalue weighted by molar-refractivity contribution is 6.09. The van der Waals surface area contributed by atoms with Crippen molar-refractivity contribution in [2.45, 2.75) is 131 Å². The third-order valence-electron chi connectivity index (χ3n) is 14.8. The Morgan fingerprint density at radius 2 is 0.973 bits per heavy atom. The third kappa shape index (κ3) is 9.47. The van der Waals surface area contributed by atoms with Crippen molar-refractivity contribution in [3.05, 3.63) is 192 Å². The molecule has 0 unspecified atom stereocenters. The summed E-state index contributed by atoms with van der Waals surface area (Å²) in [5, 5.41) is 2.23. The van der Waals surface area contributed by atoms with E-state index in [0.29, 0.717) is 28.2 Å². The average Bonchev–Trinajstić information content (AvgIpc) is 3.98. The van der Waals surface area contributed by atoms with E-state index in [2.05, 4.69) is 224 Å². The van der Waals surface area contributed by atoms with Crippen molar-refractivity contribution in [2.75, 3.05) is 0 Å². The summed E-state index contributed by atoms with van der Waals surface area (Å²) in [7, 11) is 0. The van der Waals surface area contributed by atoms with Crippen molar-refractivity contribution in [3.63, 3.8) is 0 Å². The minimum atomic E-state index is -2.59. The zero-order chi connectivity index (χ0) is 55.4. The Kier molecular flexibility index (Phi) is 11.3. The highest BCUT2D eigenvalue weighted by atomic mass is 16.5. The number of rotatable bonds is 7. The maximum absolute atomic E-state index is 9.15. The van der Waals surface area contributed by atoms with Gasteiger partial charge in [0.25, 0.3) is 0 Å². The monoisotopic (exact) mass is 978 g/mol. The van der Waals surface area contributed by atoms with Gasteiger partial charge in [0.15, 0.2) is 0 Å². The van der Waals surface area contributed by atoms with Crippen LogP contribution in [0.15, 0.2) is 158 Å². The molecule has 10 rings (SSSR count). The molecule has 0 amide bonds. The lowest BCUT2D eigenvalue weighted by molar-refractivity contribution is -0.649. The number of imidazole rings is 1. The van der Waals surface area contributed by atoms with Crippen LogP contribution in [-0.4, -0.2) is 14.1 Å². The number of hydrogen-bond acceptors (Lipinski definition) is 2. The van der Waals surface area contributed by atoms with E-state index in [-0.39, 0.29) is 27.1 Å². The number of hydrogen-bond donors (Lipinski definition) is 0. The van der Waals surface area contributed by atoms with E-state index in [4.69, 9.17) is 13.8 Å². The van der Waals surface area contributed by atoms with E-state index in [1.54, 1.807) is 0 Å². The van der Waals surface area contributed by atoms with Gasteiger partial charge in [-0.15, -0.1) is 0 Å². The van der Waals surface area contributed by atoms with Gasteiger partial charge in [-0.3, -0.25) is 4.57 Å². The molecule has 7 aromatic carbocycles. The molecule has 0 N–H and O–H groups in total. The van der Waals surface area contributed by atoms with Crippen molar-refractivity contribution < 1.29 is 13.4 Å². The molecule has 5 heteroatoms. The van der Waals surface area contributed by atoms with Gasteiger partial charge < -0.3 is 13.9 Å². The van der Waals surface area contributed by atoms with E-state index >= 15 is 0 Å². The Morgan fingerprint density at radius 3 is 1.55 bits per heavy atom. The van der Waals surface area contributed by atoms with Crippen molar-refractivity contribution in [1.29, 1.82) is 0 Å². The Balaban J connectivity index is 1.18. The summed E-state index contributed by atoms with van der Waals surface area (Å²) in [5.41, 5.74) is 15.6. The second-order valence-electron chi connectivity index (χ2n) is 25.6. The predicted octanol–water partition coefficient (Wildman–Crippen LogP) is 18.0. The Labute approximate surface area is 444 Å². The van der Waals surface area contributed by atoms with Gasteiger partial charge in [0.1, 0.15) is 17.3 Å². The molecule has 376 valence electrons. The van der Waals surface area contributed by atoms with Gasteiger partial charge in [0.05, 0.1) is 38.8 Å². The number of ether oxygens (including phenoxy) is 1. The molecule has 0 radical (unpaired) electrons. The molecular formula is C69H74N4O. The summed E-state index contributed by atoms with van der Waals surface area (Å²) in [6, 6.07) is 53.5. The number of nitrogens with zero attached hydrogens (tertiary/aromatic N) is 4. The molecular weight excluding hydrogens is 901 g/mol. The van der Waals surface area contributed by atoms with E-state index in [1.165, 1.54) is 32.4 Å². The van der Waals surface area contributed by atoms with Gasteiger partial charge in [-0.05, 0) is 131 Å². The van der Waals surface area contributed by atoms with Crippen LogP contribution in [0.5, 0.6) is 11.5 Å². The van der Waals surface area contributed by atoms with Crippen LogP contribution in [0.2, 0.25) is 0 Å². The van der Waals surface area contributed by atoms with Crippen LogP contribution in [0.3, 0.4) is 0 Å². The second-order valence-corrected chi connectivity index (χ2v) is 25.6. The maximum Gasteiger partial charge on any atom is 0.244 e. The highest BCUT2D eigenvalue weighted by Gasteiger charge is 2.27. The number of pyridine rings is 1. The summed E-state index contributed by atoms with van der Waals surface area (Å²) in [6.45, 7) is 31.3. The molecule has 0 saturated carbocycles. The van der Waals surface area contributed by atoms with Gasteiger partial charge in [-0.2, -0.15) is 0 Å². The standard InChI is InChI=1S/C69H74N4O/c1-65(2,3)46-32-33-70-62(40-46)73-59-28-18-17-24-56(59)57-31-30-53(42-61(57)73)74-52-23-19-22-51(41-52)72-43-71(16)64-58(27-21-29-60(64)72)63-54(44-34-47(66(4,5)6)38-48(35-44)67(7,8)9)25-20-26-55(63)45-36-49(68(10,11)12)39-50(37-45)69(13,14)15/h17-42H,1-16H3/i16D3. The lowest BCUT2D eigenvalue weighted by atomic mass is 9.76. The number of aromatic nitrogens is 4. The topological polar surface area (TPSA) is 35.9 Å². The molecule has 74 heavy (non-hydrogen) atoms. The predicted molar refractivity (Wildman–Crippen MR) is 312 cm³/mol. The maximum atomic E-state index is 9.15. The summed E-state index contributed by atoms with van der Waals surface area (Å²) >= 11 is 0. The Bertz CT molecular complexity index is 3750. The SMILES string of the molecule is [2H]C([2H])([2H])[n+]1[c-]n(-c2cccc(Oc3ccc4c5ccccc5n(-c5cc(C(C)(C)C)ccn5)c4c3)c2)c2cccc(-c3c(-c4cc(C(C)(C)C)cc(C(C)(C)C)c4)cccc3-c3cc(C(C)(C)C)cc(C(C)(C)C)c3)c21. The van der Waals surface area contributed by atoms with Crippen molar-refractivity contribution >= 4 is 32.8 Å². The largest absolute Gasteiger partial charge is 0.458 e. The minimum absolute atomic E-state index is 0.0554. The molecule has 0 fully saturated rings. The van der Waals surface area contributed by atoms with Crippen molar-refractivity contribution in [1.82, 2.24) is 14.1 Å². The van der Waals surface area contributed by atoms with Gasteiger partial charge in [-0.1, -0.05) is 207 Å². The molecule has 0 spiro atoms. The first-order chi connectivity index (χ1) is 35.9. The Hall–Kier alpha value is -7.24. The smallest absolute Gasteiger partial charge is 0.244 e. The average molecular weight is 978 g/mol. The van der Waals surface area contributed by atoms with Crippen molar-refractivity contribution in [2.24, 2.45) is 6.98 Å². The molecule has 0 bridgehead atoms. The fraction of sp³-hybridized carbons (Fsp3) is 0.304. The lowest BCUT2D eigenvalue weighted by Gasteiger charge is -2.28. The minimum Gasteiger partial charge on any atom is -0.458 e. The summed E-state index contributed by atoms with van der Waals surface area (Å²) in [6.07, 6.45) is 5.26. The van der Waals surface area contributed by atoms with Crippen LogP contribution in [0.4, 0.5) is 0 Å².